The van der Waals surface area contributed by atoms with Crippen molar-refractivity contribution in [1.82, 2.24) is 4.90 Å². The van der Waals surface area contributed by atoms with Crippen LogP contribution >= 0.6 is 0 Å². The predicted octanol–water partition coefficient (Wildman–Crippen LogP) is 2.86. The maximum Gasteiger partial charge on any atom is 0.0555 e. The molecule has 0 saturated carbocycles. The summed E-state index contributed by atoms with van der Waals surface area (Å²) in [7, 11) is 0. The zero-order chi connectivity index (χ0) is 14.3. The van der Waals surface area contributed by atoms with E-state index in [1.54, 1.807) is 0 Å². The summed E-state index contributed by atoms with van der Waals surface area (Å²) in [6, 6.07) is 8.89. The minimum atomic E-state index is 0.411. The summed E-state index contributed by atoms with van der Waals surface area (Å²) in [5.74, 6) is 6.79. The van der Waals surface area contributed by atoms with Gasteiger partial charge in [-0.15, -0.1) is 0 Å². The lowest BCUT2D eigenvalue weighted by Gasteiger charge is -2.28. The lowest BCUT2D eigenvalue weighted by Crippen LogP contribution is -2.33. The van der Waals surface area contributed by atoms with Crippen LogP contribution in [0.2, 0.25) is 0 Å². The van der Waals surface area contributed by atoms with Gasteiger partial charge in [0.05, 0.1) is 6.54 Å². The molecule has 0 amide bonds. The first-order valence-electron chi connectivity index (χ1n) is 7.05. The van der Waals surface area contributed by atoms with Crippen molar-refractivity contribution in [1.29, 1.82) is 0 Å². The molecule has 0 heterocycles. The molecule has 1 rings (SSSR count). The van der Waals surface area contributed by atoms with E-state index in [0.717, 1.165) is 18.7 Å². The summed E-state index contributed by atoms with van der Waals surface area (Å²) in [5.41, 5.74) is 7.85. The summed E-state index contributed by atoms with van der Waals surface area (Å²) < 4.78 is 0. The SMILES string of the molecule is CC(C)CN(Cc1ccccc1C#CCN)C(C)C. The topological polar surface area (TPSA) is 29.3 Å². The second-order valence-electron chi connectivity index (χ2n) is 5.58. The molecule has 2 nitrogen and oxygen atoms in total. The van der Waals surface area contributed by atoms with Crippen LogP contribution in [0.15, 0.2) is 24.3 Å². The van der Waals surface area contributed by atoms with E-state index in [9.17, 15) is 0 Å². The van der Waals surface area contributed by atoms with E-state index in [1.807, 2.05) is 6.07 Å². The van der Waals surface area contributed by atoms with E-state index in [4.69, 9.17) is 5.73 Å². The number of benzene rings is 1. The lowest BCUT2D eigenvalue weighted by molar-refractivity contribution is 0.189. The third kappa shape index (κ3) is 5.46. The molecule has 1 aromatic carbocycles. The molecule has 0 atom stereocenters. The van der Waals surface area contributed by atoms with Crippen LogP contribution in [0.1, 0.15) is 38.8 Å². The molecule has 0 spiro atoms. The molecule has 0 fully saturated rings. The molecule has 1 aromatic rings. The second-order valence-corrected chi connectivity index (χ2v) is 5.58. The second kappa shape index (κ2) is 7.99. The third-order valence-corrected chi connectivity index (χ3v) is 3.05. The predicted molar refractivity (Wildman–Crippen MR) is 82.8 cm³/mol. The first kappa shape index (κ1) is 15.8. The maximum atomic E-state index is 5.46. The van der Waals surface area contributed by atoms with Gasteiger partial charge in [0.25, 0.3) is 0 Å². The minimum Gasteiger partial charge on any atom is -0.320 e. The van der Waals surface area contributed by atoms with Crippen LogP contribution in [0, 0.1) is 17.8 Å². The van der Waals surface area contributed by atoms with E-state index < -0.39 is 0 Å². The highest BCUT2D eigenvalue weighted by Crippen LogP contribution is 2.14. The van der Waals surface area contributed by atoms with Crippen LogP contribution < -0.4 is 5.73 Å². The highest BCUT2D eigenvalue weighted by Gasteiger charge is 2.13. The molecular weight excluding hydrogens is 232 g/mol. The van der Waals surface area contributed by atoms with Crippen molar-refractivity contribution in [3.8, 4) is 11.8 Å². The average molecular weight is 258 g/mol. The normalized spacial score (nSPS) is 10.9. The molecular formula is C17H26N2. The summed E-state index contributed by atoms with van der Waals surface area (Å²) in [4.78, 5) is 2.49. The Hall–Kier alpha value is -1.30. The third-order valence-electron chi connectivity index (χ3n) is 3.05. The Kier molecular flexibility index (Phi) is 6.62. The Balaban J connectivity index is 2.89. The Morgan fingerprint density at radius 1 is 1.16 bits per heavy atom. The van der Waals surface area contributed by atoms with Gasteiger partial charge in [0, 0.05) is 24.7 Å². The van der Waals surface area contributed by atoms with E-state index in [1.165, 1.54) is 5.56 Å². The fourth-order valence-corrected chi connectivity index (χ4v) is 2.07. The molecule has 0 aromatic heterocycles. The van der Waals surface area contributed by atoms with Gasteiger partial charge in [-0.05, 0) is 31.4 Å². The van der Waals surface area contributed by atoms with Crippen LogP contribution in [0.25, 0.3) is 0 Å². The number of hydrogen-bond donors (Lipinski definition) is 1. The fourth-order valence-electron chi connectivity index (χ4n) is 2.07. The molecule has 104 valence electrons. The van der Waals surface area contributed by atoms with Gasteiger partial charge < -0.3 is 5.73 Å². The van der Waals surface area contributed by atoms with Crippen molar-refractivity contribution in [3.05, 3.63) is 35.4 Å². The molecule has 0 bridgehead atoms. The average Bonchev–Trinajstić information content (AvgIpc) is 2.36. The van der Waals surface area contributed by atoms with Crippen LogP contribution in [-0.4, -0.2) is 24.0 Å². The van der Waals surface area contributed by atoms with Crippen molar-refractivity contribution < 1.29 is 0 Å². The van der Waals surface area contributed by atoms with Gasteiger partial charge in [-0.3, -0.25) is 4.90 Å². The van der Waals surface area contributed by atoms with Crippen LogP contribution in [-0.2, 0) is 6.54 Å². The molecule has 2 heteroatoms. The zero-order valence-electron chi connectivity index (χ0n) is 12.6. The molecule has 0 saturated heterocycles. The zero-order valence-corrected chi connectivity index (χ0v) is 12.6. The van der Waals surface area contributed by atoms with Crippen LogP contribution in [0.3, 0.4) is 0 Å². The van der Waals surface area contributed by atoms with E-state index in [2.05, 4.69) is 62.6 Å². The van der Waals surface area contributed by atoms with Gasteiger partial charge in [-0.1, -0.05) is 43.9 Å². The van der Waals surface area contributed by atoms with Gasteiger partial charge in [-0.2, -0.15) is 0 Å². The number of hydrogen-bond acceptors (Lipinski definition) is 2. The Labute approximate surface area is 118 Å². The van der Waals surface area contributed by atoms with Crippen LogP contribution in [0.5, 0.6) is 0 Å². The maximum absolute atomic E-state index is 5.46. The fraction of sp³-hybridized carbons (Fsp3) is 0.529. The molecule has 0 radical (unpaired) electrons. The Bertz CT molecular complexity index is 438. The first-order chi connectivity index (χ1) is 9.04. The van der Waals surface area contributed by atoms with E-state index in [-0.39, 0.29) is 0 Å². The number of nitrogens with zero attached hydrogens (tertiary/aromatic N) is 1. The highest BCUT2D eigenvalue weighted by molar-refractivity contribution is 5.41. The molecule has 0 aliphatic carbocycles. The largest absolute Gasteiger partial charge is 0.320 e. The summed E-state index contributed by atoms with van der Waals surface area (Å²) >= 11 is 0. The first-order valence-corrected chi connectivity index (χ1v) is 7.05. The molecule has 0 aliphatic heterocycles. The molecule has 0 unspecified atom stereocenters. The monoisotopic (exact) mass is 258 g/mol. The van der Waals surface area contributed by atoms with Gasteiger partial charge in [0.2, 0.25) is 0 Å². The summed E-state index contributed by atoms with van der Waals surface area (Å²) in [6.45, 7) is 11.5. The van der Waals surface area contributed by atoms with E-state index >= 15 is 0 Å². The Morgan fingerprint density at radius 2 is 1.84 bits per heavy atom. The Morgan fingerprint density at radius 3 is 2.42 bits per heavy atom. The van der Waals surface area contributed by atoms with Gasteiger partial charge in [-0.25, -0.2) is 0 Å². The molecule has 0 aliphatic rings. The van der Waals surface area contributed by atoms with Crippen molar-refractivity contribution in [2.75, 3.05) is 13.1 Å². The number of nitrogens with two attached hydrogens (primary N) is 1. The van der Waals surface area contributed by atoms with Gasteiger partial charge >= 0.3 is 0 Å². The van der Waals surface area contributed by atoms with Crippen molar-refractivity contribution >= 4 is 0 Å². The smallest absolute Gasteiger partial charge is 0.0555 e. The lowest BCUT2D eigenvalue weighted by atomic mass is 10.1. The minimum absolute atomic E-state index is 0.411. The number of rotatable bonds is 5. The summed E-state index contributed by atoms with van der Waals surface area (Å²) in [6.07, 6.45) is 0. The van der Waals surface area contributed by atoms with Gasteiger partial charge in [0.15, 0.2) is 0 Å². The van der Waals surface area contributed by atoms with Gasteiger partial charge in [0.1, 0.15) is 0 Å². The van der Waals surface area contributed by atoms with Crippen molar-refractivity contribution in [2.24, 2.45) is 11.7 Å². The molecule has 2 N–H and O–H groups in total. The molecule has 19 heavy (non-hydrogen) atoms. The standard InChI is InChI=1S/C17H26N2/c1-14(2)12-19(15(3)4)13-17-9-6-5-8-16(17)10-7-11-18/h5-6,8-9,14-15H,11-13,18H2,1-4H3. The highest BCUT2D eigenvalue weighted by atomic mass is 15.1. The summed E-state index contributed by atoms with van der Waals surface area (Å²) in [5, 5.41) is 0. The van der Waals surface area contributed by atoms with Crippen LogP contribution in [0.4, 0.5) is 0 Å². The van der Waals surface area contributed by atoms with Crippen molar-refractivity contribution in [3.63, 3.8) is 0 Å². The van der Waals surface area contributed by atoms with Crippen molar-refractivity contribution in [2.45, 2.75) is 40.3 Å². The quantitative estimate of drug-likeness (QED) is 0.823. The van der Waals surface area contributed by atoms with E-state index in [0.29, 0.717) is 18.5 Å².